The molecule has 0 unspecified atom stereocenters. The summed E-state index contributed by atoms with van der Waals surface area (Å²) >= 11 is 3.77. The maximum Gasteiger partial charge on any atom is 0.0555 e. The summed E-state index contributed by atoms with van der Waals surface area (Å²) in [6.45, 7) is 0. The van der Waals surface area contributed by atoms with Crippen LogP contribution in [-0.2, 0) is 0 Å². The maximum atomic E-state index is 2.50. The number of thiophene rings is 2. The normalized spacial score (nSPS) is 11.5. The van der Waals surface area contributed by atoms with Gasteiger partial charge in [0.25, 0.3) is 0 Å². The molecular weight excluding hydrogens is 799 g/mol. The Morgan fingerprint density at radius 1 is 0.270 bits per heavy atom. The first kappa shape index (κ1) is 37.2. The smallest absolute Gasteiger partial charge is 0.0555 e. The molecule has 0 saturated carbocycles. The molecule has 3 heteroatoms. The van der Waals surface area contributed by atoms with E-state index in [0.717, 1.165) is 17.1 Å². The Morgan fingerprint density at radius 2 is 0.698 bits per heavy atom. The average molecular weight is 838 g/mol. The van der Waals surface area contributed by atoms with Crippen molar-refractivity contribution in [1.29, 1.82) is 0 Å². The van der Waals surface area contributed by atoms with Gasteiger partial charge in [-0.2, -0.15) is 0 Å². The van der Waals surface area contributed by atoms with Gasteiger partial charge >= 0.3 is 0 Å². The molecule has 0 aliphatic heterocycles. The van der Waals surface area contributed by atoms with E-state index < -0.39 is 0 Å². The van der Waals surface area contributed by atoms with Crippen molar-refractivity contribution in [2.24, 2.45) is 0 Å². The minimum absolute atomic E-state index is 1.11. The van der Waals surface area contributed by atoms with Gasteiger partial charge in [-0.25, -0.2) is 0 Å². The number of nitrogens with zero attached hydrogens (tertiary/aromatic N) is 1. The first-order chi connectivity index (χ1) is 31.2. The monoisotopic (exact) mass is 837 g/mol. The van der Waals surface area contributed by atoms with Crippen molar-refractivity contribution in [1.82, 2.24) is 0 Å². The lowest BCUT2D eigenvalue weighted by molar-refractivity contribution is 1.31. The Labute approximate surface area is 375 Å². The Balaban J connectivity index is 1.07. The standard InChI is InChI=1S/C60H39NS2/c1-5-14-40(15-6-1)43-24-26-44(27-25-43)46-22-13-23-49(36-46)61(50-30-33-53-52-31-28-47(41-16-7-2-8-17-41)37-56(52)62-58(53)39-50)55-35-34-51(45-20-11-4-12-21-45)60-59(55)54-32-29-48(38-57(54)63-60)42-18-9-3-10-19-42/h1-39H. The number of hydrogen-bond donors (Lipinski definition) is 0. The van der Waals surface area contributed by atoms with Gasteiger partial charge in [0.2, 0.25) is 0 Å². The van der Waals surface area contributed by atoms with Gasteiger partial charge in [0, 0.05) is 51.7 Å². The first-order valence-electron chi connectivity index (χ1n) is 21.4. The van der Waals surface area contributed by atoms with Gasteiger partial charge in [-0.1, -0.05) is 194 Å². The van der Waals surface area contributed by atoms with Crippen LogP contribution in [-0.4, -0.2) is 0 Å². The van der Waals surface area contributed by atoms with Crippen LogP contribution >= 0.6 is 22.7 Å². The molecule has 12 rings (SSSR count). The zero-order valence-corrected chi connectivity index (χ0v) is 35.9. The largest absolute Gasteiger partial charge is 0.310 e. The van der Waals surface area contributed by atoms with Gasteiger partial charge in [0.1, 0.15) is 0 Å². The van der Waals surface area contributed by atoms with E-state index in [1.807, 2.05) is 22.7 Å². The molecule has 63 heavy (non-hydrogen) atoms. The van der Waals surface area contributed by atoms with Crippen molar-refractivity contribution in [3.05, 3.63) is 237 Å². The zero-order chi connectivity index (χ0) is 41.7. The molecule has 1 nitrogen and oxygen atoms in total. The van der Waals surface area contributed by atoms with E-state index >= 15 is 0 Å². The molecule has 0 amide bonds. The summed E-state index contributed by atoms with van der Waals surface area (Å²) in [7, 11) is 0. The van der Waals surface area contributed by atoms with E-state index in [0.29, 0.717) is 0 Å². The minimum atomic E-state index is 1.11. The topological polar surface area (TPSA) is 3.24 Å². The molecule has 0 aliphatic rings. The van der Waals surface area contributed by atoms with Crippen molar-refractivity contribution in [3.63, 3.8) is 0 Å². The maximum absolute atomic E-state index is 2.50. The summed E-state index contributed by atoms with van der Waals surface area (Å²) in [5, 5.41) is 5.10. The van der Waals surface area contributed by atoms with E-state index in [1.165, 1.54) is 96.0 Å². The van der Waals surface area contributed by atoms with Crippen LogP contribution in [0.15, 0.2) is 237 Å². The zero-order valence-electron chi connectivity index (χ0n) is 34.3. The fraction of sp³-hybridized carbons (Fsp3) is 0. The fourth-order valence-electron chi connectivity index (χ4n) is 9.16. The SMILES string of the molecule is c1ccc(-c2ccc(-c3cccc(N(c4ccc5c(c4)sc4cc(-c6ccccc6)ccc45)c4ccc(-c5ccccc5)c5sc6cc(-c7ccccc7)ccc6c45)c3)cc2)cc1. The average Bonchev–Trinajstić information content (AvgIpc) is 3.93. The van der Waals surface area contributed by atoms with Gasteiger partial charge in [-0.3, -0.25) is 0 Å². The molecule has 0 fully saturated rings. The summed E-state index contributed by atoms with van der Waals surface area (Å²) in [6, 6.07) is 86.6. The number of anilines is 3. The lowest BCUT2D eigenvalue weighted by atomic mass is 9.98. The summed E-state index contributed by atoms with van der Waals surface area (Å²) < 4.78 is 5.12. The molecule has 0 atom stereocenters. The Kier molecular flexibility index (Phi) is 9.29. The minimum Gasteiger partial charge on any atom is -0.310 e. The first-order valence-corrected chi connectivity index (χ1v) is 23.0. The Bertz CT molecular complexity index is 3590. The van der Waals surface area contributed by atoms with E-state index in [2.05, 4.69) is 241 Å². The van der Waals surface area contributed by atoms with E-state index in [1.54, 1.807) is 0 Å². The molecule has 296 valence electrons. The molecule has 0 spiro atoms. The van der Waals surface area contributed by atoms with Crippen molar-refractivity contribution in [2.75, 3.05) is 4.90 Å². The lowest BCUT2D eigenvalue weighted by Crippen LogP contribution is -2.10. The number of fused-ring (bicyclic) bond motifs is 6. The van der Waals surface area contributed by atoms with E-state index in [9.17, 15) is 0 Å². The summed E-state index contributed by atoms with van der Waals surface area (Å²) in [6.07, 6.45) is 0. The number of benzene rings is 10. The second kappa shape index (κ2) is 15.7. The number of rotatable bonds is 8. The van der Waals surface area contributed by atoms with Crippen LogP contribution < -0.4 is 4.90 Å². The molecule has 0 aliphatic carbocycles. The van der Waals surface area contributed by atoms with Crippen molar-refractivity contribution in [2.45, 2.75) is 0 Å². The molecule has 0 N–H and O–H groups in total. The van der Waals surface area contributed by atoms with Gasteiger partial charge < -0.3 is 4.90 Å². The number of hydrogen-bond acceptors (Lipinski definition) is 3. The summed E-state index contributed by atoms with van der Waals surface area (Å²) in [4.78, 5) is 2.50. The lowest BCUT2D eigenvalue weighted by Gasteiger charge is -2.27. The van der Waals surface area contributed by atoms with E-state index in [4.69, 9.17) is 0 Å². The van der Waals surface area contributed by atoms with Crippen LogP contribution in [0.3, 0.4) is 0 Å². The van der Waals surface area contributed by atoms with Crippen LogP contribution in [0.2, 0.25) is 0 Å². The molecule has 0 radical (unpaired) electrons. The second-order valence-corrected chi connectivity index (χ2v) is 18.2. The van der Waals surface area contributed by atoms with Gasteiger partial charge in [0.05, 0.1) is 5.69 Å². The highest BCUT2D eigenvalue weighted by molar-refractivity contribution is 7.26. The third-order valence-electron chi connectivity index (χ3n) is 12.3. The highest BCUT2D eigenvalue weighted by atomic mass is 32.1. The Morgan fingerprint density at radius 3 is 1.32 bits per heavy atom. The predicted molar refractivity (Wildman–Crippen MR) is 274 cm³/mol. The Hall–Kier alpha value is -7.56. The van der Waals surface area contributed by atoms with Crippen LogP contribution in [0.4, 0.5) is 17.1 Å². The summed E-state index contributed by atoms with van der Waals surface area (Å²) in [5.41, 5.74) is 15.6. The van der Waals surface area contributed by atoms with Crippen molar-refractivity contribution in [3.8, 4) is 55.6 Å². The third kappa shape index (κ3) is 6.79. The van der Waals surface area contributed by atoms with Gasteiger partial charge in [-0.05, 0) is 98.1 Å². The molecule has 10 aromatic carbocycles. The van der Waals surface area contributed by atoms with Crippen molar-refractivity contribution >= 4 is 80.1 Å². The van der Waals surface area contributed by atoms with Gasteiger partial charge in [0.15, 0.2) is 0 Å². The molecule has 0 saturated heterocycles. The second-order valence-electron chi connectivity index (χ2n) is 16.1. The fourth-order valence-corrected chi connectivity index (χ4v) is 11.6. The molecular formula is C60H39NS2. The highest BCUT2D eigenvalue weighted by Gasteiger charge is 2.23. The predicted octanol–water partition coefficient (Wildman–Crippen LogP) is 18.2. The highest BCUT2D eigenvalue weighted by Crippen LogP contribution is 2.50. The van der Waals surface area contributed by atoms with Crippen LogP contribution in [0, 0.1) is 0 Å². The van der Waals surface area contributed by atoms with Gasteiger partial charge in [-0.15, -0.1) is 22.7 Å². The van der Waals surface area contributed by atoms with Crippen LogP contribution in [0.25, 0.3) is 96.0 Å². The molecule has 2 heterocycles. The molecule has 0 bridgehead atoms. The quantitative estimate of drug-likeness (QED) is 0.147. The third-order valence-corrected chi connectivity index (χ3v) is 14.6. The van der Waals surface area contributed by atoms with Crippen LogP contribution in [0.1, 0.15) is 0 Å². The summed E-state index contributed by atoms with van der Waals surface area (Å²) in [5.74, 6) is 0. The van der Waals surface area contributed by atoms with Crippen molar-refractivity contribution < 1.29 is 0 Å². The van der Waals surface area contributed by atoms with E-state index in [-0.39, 0.29) is 0 Å². The molecule has 12 aromatic rings. The van der Waals surface area contributed by atoms with Crippen LogP contribution in [0.5, 0.6) is 0 Å². The molecule has 2 aromatic heterocycles.